The number of methoxy groups -OCH3 is 1. The predicted molar refractivity (Wildman–Crippen MR) is 195 cm³/mol. The second-order valence-electron chi connectivity index (χ2n) is 12.8. The minimum Gasteiger partial charge on any atom is -0.494 e. The van der Waals surface area contributed by atoms with Gasteiger partial charge in [0, 0.05) is 62.8 Å². The summed E-state index contributed by atoms with van der Waals surface area (Å²) in [6.07, 6.45) is 2.41. The van der Waals surface area contributed by atoms with Gasteiger partial charge in [-0.3, -0.25) is 4.90 Å². The number of para-hydroxylation sites is 1. The molecule has 0 spiro atoms. The molecule has 2 N–H and O–H groups in total. The smallest absolute Gasteiger partial charge is 0.229 e. The summed E-state index contributed by atoms with van der Waals surface area (Å²) in [5, 5.41) is 10.7. The molecule has 0 bridgehead atoms. The molecule has 0 aliphatic carbocycles. The Bertz CT molecular complexity index is 1570. The summed E-state index contributed by atoms with van der Waals surface area (Å²) in [6, 6.07) is 17.9. The molecule has 2 aromatic carbocycles. The van der Waals surface area contributed by atoms with Gasteiger partial charge in [0.25, 0.3) is 0 Å². The summed E-state index contributed by atoms with van der Waals surface area (Å²) >= 11 is 1.66. The van der Waals surface area contributed by atoms with Crippen molar-refractivity contribution in [2.24, 2.45) is 0 Å². The number of anilines is 5. The Labute approximate surface area is 273 Å². The topological polar surface area (TPSA) is 68.8 Å². The minimum absolute atomic E-state index is 0.336. The van der Waals surface area contributed by atoms with Crippen molar-refractivity contribution in [3.05, 3.63) is 53.9 Å². The quantitative estimate of drug-likeness (QED) is 0.174. The number of hydrogen-bond acceptors (Lipinski definition) is 9. The number of benzene rings is 2. The van der Waals surface area contributed by atoms with E-state index in [2.05, 4.69) is 114 Å². The van der Waals surface area contributed by atoms with Crippen molar-refractivity contribution >= 4 is 63.6 Å². The first-order valence-corrected chi connectivity index (χ1v) is 18.7. The molecule has 10 heteroatoms. The van der Waals surface area contributed by atoms with Crippen molar-refractivity contribution in [3.63, 3.8) is 0 Å². The summed E-state index contributed by atoms with van der Waals surface area (Å²) < 4.78 is 6.94. The SMILES string of the molecule is COc1cc(N2CCC(N3CCN(C)CC3)CC2)ccc1Nc1nc(Nc2ccccc2P(C(C)C)C(C)C)c2sccc2n1. The van der Waals surface area contributed by atoms with E-state index in [1.807, 2.05) is 0 Å². The van der Waals surface area contributed by atoms with Gasteiger partial charge < -0.3 is 25.2 Å². The molecule has 0 saturated carbocycles. The van der Waals surface area contributed by atoms with Crippen LogP contribution in [-0.4, -0.2) is 90.6 Å². The Morgan fingerprint density at radius 2 is 1.60 bits per heavy atom. The molecule has 2 saturated heterocycles. The highest BCUT2D eigenvalue weighted by Gasteiger charge is 2.27. The number of ether oxygens (including phenoxy) is 1. The van der Waals surface area contributed by atoms with Crippen LogP contribution in [0.1, 0.15) is 40.5 Å². The predicted octanol–water partition coefficient (Wildman–Crippen LogP) is 7.33. The molecule has 0 radical (unpaired) electrons. The maximum atomic E-state index is 5.89. The van der Waals surface area contributed by atoms with Crippen LogP contribution in [0, 0.1) is 0 Å². The third-order valence-corrected chi connectivity index (χ3v) is 13.2. The van der Waals surface area contributed by atoms with E-state index in [0.29, 0.717) is 23.3 Å². The Kier molecular flexibility index (Phi) is 10.1. The van der Waals surface area contributed by atoms with Crippen molar-refractivity contribution in [3.8, 4) is 5.75 Å². The van der Waals surface area contributed by atoms with Crippen LogP contribution in [0.4, 0.5) is 28.8 Å². The van der Waals surface area contributed by atoms with Gasteiger partial charge in [-0.2, -0.15) is 4.98 Å². The minimum atomic E-state index is -0.336. The van der Waals surface area contributed by atoms with E-state index >= 15 is 0 Å². The largest absolute Gasteiger partial charge is 0.494 e. The van der Waals surface area contributed by atoms with Crippen molar-refractivity contribution in [2.75, 3.05) is 69.0 Å². The first-order valence-electron chi connectivity index (χ1n) is 16.3. The van der Waals surface area contributed by atoms with Crippen LogP contribution in [0.15, 0.2) is 53.9 Å². The molecule has 6 rings (SSSR count). The first-order chi connectivity index (χ1) is 21.8. The number of fused-ring (bicyclic) bond motifs is 1. The van der Waals surface area contributed by atoms with Gasteiger partial charge >= 0.3 is 0 Å². The molecule has 8 nitrogen and oxygen atoms in total. The van der Waals surface area contributed by atoms with Crippen molar-refractivity contribution in [1.82, 2.24) is 19.8 Å². The van der Waals surface area contributed by atoms with E-state index in [0.717, 1.165) is 46.2 Å². The zero-order chi connectivity index (χ0) is 31.5. The van der Waals surface area contributed by atoms with E-state index in [4.69, 9.17) is 14.7 Å². The number of hydrogen-bond donors (Lipinski definition) is 2. The number of piperazine rings is 1. The third-order valence-electron chi connectivity index (χ3n) is 9.17. The second kappa shape index (κ2) is 14.2. The molecule has 4 aromatic rings. The average Bonchev–Trinajstić information content (AvgIpc) is 3.51. The standard InChI is InChI=1S/C35H48N7OPS/c1-24(2)44(25(3)4)32-10-8-7-9-29(32)36-34-33-30(15-22-45-33)38-35(39-34)37-28-12-11-27(23-31(28)43-6)41-16-13-26(14-17-41)42-20-18-40(5)19-21-42/h7-12,15,22-26H,13-14,16-21H2,1-6H3,(H2,36,37,38,39). The zero-order valence-electron chi connectivity index (χ0n) is 27.6. The summed E-state index contributed by atoms with van der Waals surface area (Å²) in [7, 11) is 3.63. The third kappa shape index (κ3) is 7.22. The molecular formula is C35H48N7OPS. The molecule has 2 aliphatic heterocycles. The highest BCUT2D eigenvalue weighted by molar-refractivity contribution is 7.67. The molecular weight excluding hydrogens is 597 g/mol. The van der Waals surface area contributed by atoms with Gasteiger partial charge in [0.2, 0.25) is 5.95 Å². The van der Waals surface area contributed by atoms with E-state index in [1.165, 1.54) is 50.0 Å². The number of nitrogens with one attached hydrogen (secondary N) is 2. The summed E-state index contributed by atoms with van der Waals surface area (Å²) in [6.45, 7) is 16.2. The highest BCUT2D eigenvalue weighted by atomic mass is 32.1. The molecule has 240 valence electrons. The molecule has 0 amide bonds. The van der Waals surface area contributed by atoms with Crippen LogP contribution in [0.5, 0.6) is 5.75 Å². The van der Waals surface area contributed by atoms with Crippen molar-refractivity contribution in [1.29, 1.82) is 0 Å². The molecule has 2 aromatic heterocycles. The lowest BCUT2D eigenvalue weighted by Gasteiger charge is -2.42. The van der Waals surface area contributed by atoms with Crippen LogP contribution in [-0.2, 0) is 0 Å². The summed E-state index contributed by atoms with van der Waals surface area (Å²) in [4.78, 5) is 17.5. The van der Waals surface area contributed by atoms with Crippen molar-refractivity contribution < 1.29 is 4.74 Å². The van der Waals surface area contributed by atoms with Crippen LogP contribution < -0.4 is 25.6 Å². The van der Waals surface area contributed by atoms with Crippen molar-refractivity contribution in [2.45, 2.75) is 57.9 Å². The molecule has 0 unspecified atom stereocenters. The molecule has 4 heterocycles. The normalized spacial score (nSPS) is 17.1. The fourth-order valence-electron chi connectivity index (χ4n) is 6.87. The second-order valence-corrected chi connectivity index (χ2v) is 17.1. The van der Waals surface area contributed by atoms with Gasteiger partial charge in [0.1, 0.15) is 5.75 Å². The lowest BCUT2D eigenvalue weighted by atomic mass is 10.0. The van der Waals surface area contributed by atoms with Gasteiger partial charge in [-0.25, -0.2) is 4.98 Å². The fourth-order valence-corrected chi connectivity index (χ4v) is 10.6. The van der Waals surface area contributed by atoms with Crippen LogP contribution >= 0.6 is 19.3 Å². The lowest BCUT2D eigenvalue weighted by molar-refractivity contribution is 0.0982. The summed E-state index contributed by atoms with van der Waals surface area (Å²) in [5.74, 6) is 2.17. The van der Waals surface area contributed by atoms with Gasteiger partial charge in [0.15, 0.2) is 5.82 Å². The number of piperidine rings is 1. The number of rotatable bonds is 10. The van der Waals surface area contributed by atoms with E-state index in [-0.39, 0.29) is 7.92 Å². The number of likely N-dealkylation sites (N-methyl/N-ethyl adjacent to an activating group) is 1. The Morgan fingerprint density at radius 1 is 0.867 bits per heavy atom. The van der Waals surface area contributed by atoms with E-state index in [9.17, 15) is 0 Å². The number of nitrogens with zero attached hydrogens (tertiary/aromatic N) is 5. The highest BCUT2D eigenvalue weighted by Crippen LogP contribution is 2.47. The Hall–Kier alpha value is -2.97. The summed E-state index contributed by atoms with van der Waals surface area (Å²) in [5.41, 5.74) is 5.29. The number of thiophene rings is 1. The van der Waals surface area contributed by atoms with Crippen LogP contribution in [0.2, 0.25) is 0 Å². The first kappa shape index (κ1) is 32.0. The van der Waals surface area contributed by atoms with E-state index < -0.39 is 0 Å². The van der Waals surface area contributed by atoms with E-state index in [1.54, 1.807) is 18.4 Å². The molecule has 0 atom stereocenters. The fraction of sp³-hybridized carbons (Fsp3) is 0.486. The Morgan fingerprint density at radius 3 is 2.31 bits per heavy atom. The van der Waals surface area contributed by atoms with Crippen LogP contribution in [0.3, 0.4) is 0 Å². The average molecular weight is 646 g/mol. The Balaban J connectivity index is 1.20. The van der Waals surface area contributed by atoms with Crippen LogP contribution in [0.25, 0.3) is 10.2 Å². The molecule has 45 heavy (non-hydrogen) atoms. The molecule has 2 aliphatic rings. The van der Waals surface area contributed by atoms with Gasteiger partial charge in [-0.05, 0) is 66.2 Å². The maximum absolute atomic E-state index is 5.89. The lowest BCUT2D eigenvalue weighted by Crippen LogP contribution is -2.52. The monoisotopic (exact) mass is 645 g/mol. The zero-order valence-corrected chi connectivity index (χ0v) is 29.3. The van der Waals surface area contributed by atoms with Gasteiger partial charge in [-0.15, -0.1) is 11.3 Å². The number of aromatic nitrogens is 2. The van der Waals surface area contributed by atoms with Gasteiger partial charge in [-0.1, -0.05) is 53.8 Å². The molecule has 2 fully saturated rings. The maximum Gasteiger partial charge on any atom is 0.229 e. The van der Waals surface area contributed by atoms with Gasteiger partial charge in [0.05, 0.1) is 23.0 Å².